The summed E-state index contributed by atoms with van der Waals surface area (Å²) in [4.78, 5) is 11.3. The molecular weight excluding hydrogens is 260 g/mol. The summed E-state index contributed by atoms with van der Waals surface area (Å²) >= 11 is 3.19. The van der Waals surface area contributed by atoms with E-state index in [1.807, 2.05) is 4.57 Å². The Bertz CT molecular complexity index is 384. The monoisotopic (exact) mass is 272 g/mol. The van der Waals surface area contributed by atoms with Crippen LogP contribution in [0.5, 0.6) is 0 Å². The lowest BCUT2D eigenvalue weighted by Gasteiger charge is -2.13. The second-order valence-corrected chi connectivity index (χ2v) is 4.58. The second-order valence-electron chi connectivity index (χ2n) is 3.72. The van der Waals surface area contributed by atoms with Crippen LogP contribution in [0.3, 0.4) is 0 Å². The van der Waals surface area contributed by atoms with Gasteiger partial charge in [0, 0.05) is 25.5 Å². The van der Waals surface area contributed by atoms with Gasteiger partial charge in [0.05, 0.1) is 16.3 Å². The zero-order chi connectivity index (χ0) is 10.8. The third-order valence-electron chi connectivity index (χ3n) is 2.50. The van der Waals surface area contributed by atoms with E-state index >= 15 is 0 Å². The summed E-state index contributed by atoms with van der Waals surface area (Å²) in [5, 5.41) is 0. The van der Waals surface area contributed by atoms with Crippen molar-refractivity contribution >= 4 is 21.6 Å². The van der Waals surface area contributed by atoms with E-state index in [1.165, 1.54) is 0 Å². The maximum atomic E-state index is 11.3. The standard InChI is InChI=1S/C10H13BrN2O2/c11-8-5-13(6-9(12)10(8)14)4-7-2-1-3-15-7/h5-7H,1-4,12H2/t7-/m0/s1. The molecule has 82 valence electrons. The maximum absolute atomic E-state index is 11.3. The Morgan fingerprint density at radius 1 is 1.60 bits per heavy atom. The highest BCUT2D eigenvalue weighted by Crippen LogP contribution is 2.15. The van der Waals surface area contributed by atoms with Gasteiger partial charge in [0.2, 0.25) is 5.43 Å². The van der Waals surface area contributed by atoms with Gasteiger partial charge in [-0.25, -0.2) is 0 Å². The molecule has 2 rings (SSSR count). The molecule has 1 saturated heterocycles. The molecule has 0 spiro atoms. The number of nitrogens with zero attached hydrogens (tertiary/aromatic N) is 1. The molecule has 1 aliphatic rings. The van der Waals surface area contributed by atoms with Crippen LogP contribution in [0.25, 0.3) is 0 Å². The summed E-state index contributed by atoms with van der Waals surface area (Å²) in [5.41, 5.74) is 5.70. The molecule has 15 heavy (non-hydrogen) atoms. The molecule has 1 fully saturated rings. The molecule has 4 nitrogen and oxygen atoms in total. The number of pyridine rings is 1. The minimum atomic E-state index is -0.154. The van der Waals surface area contributed by atoms with E-state index in [-0.39, 0.29) is 17.2 Å². The molecular formula is C10H13BrN2O2. The number of nitrogen functional groups attached to an aromatic ring is 1. The average molecular weight is 273 g/mol. The Kier molecular flexibility index (Phi) is 3.11. The number of hydrogen-bond donors (Lipinski definition) is 1. The molecule has 1 atom stereocenters. The lowest BCUT2D eigenvalue weighted by Crippen LogP contribution is -2.19. The average Bonchev–Trinajstić information content (AvgIpc) is 2.66. The summed E-state index contributed by atoms with van der Waals surface area (Å²) in [6.07, 6.45) is 5.85. The summed E-state index contributed by atoms with van der Waals surface area (Å²) in [6.45, 7) is 1.59. The molecule has 2 N–H and O–H groups in total. The van der Waals surface area contributed by atoms with Gasteiger partial charge in [-0.1, -0.05) is 0 Å². The first-order valence-electron chi connectivity index (χ1n) is 4.93. The largest absolute Gasteiger partial charge is 0.394 e. The van der Waals surface area contributed by atoms with Crippen LogP contribution in [-0.4, -0.2) is 17.3 Å². The smallest absolute Gasteiger partial charge is 0.218 e. The number of hydrogen-bond acceptors (Lipinski definition) is 3. The minimum absolute atomic E-state index is 0.154. The van der Waals surface area contributed by atoms with E-state index < -0.39 is 0 Å². The van der Waals surface area contributed by atoms with Crippen LogP contribution >= 0.6 is 15.9 Å². The van der Waals surface area contributed by atoms with Gasteiger partial charge in [0.1, 0.15) is 0 Å². The van der Waals surface area contributed by atoms with Gasteiger partial charge >= 0.3 is 0 Å². The molecule has 1 aromatic heterocycles. The van der Waals surface area contributed by atoms with Crippen LogP contribution in [0.4, 0.5) is 5.69 Å². The van der Waals surface area contributed by atoms with E-state index in [2.05, 4.69) is 15.9 Å². The van der Waals surface area contributed by atoms with Gasteiger partial charge in [-0.15, -0.1) is 0 Å². The first-order valence-corrected chi connectivity index (χ1v) is 5.73. The third-order valence-corrected chi connectivity index (χ3v) is 3.07. The highest BCUT2D eigenvalue weighted by molar-refractivity contribution is 9.10. The molecule has 0 unspecified atom stereocenters. The van der Waals surface area contributed by atoms with Crippen molar-refractivity contribution < 1.29 is 4.74 Å². The van der Waals surface area contributed by atoms with Crippen molar-refractivity contribution in [2.45, 2.75) is 25.5 Å². The Labute approximate surface area is 96.2 Å². The van der Waals surface area contributed by atoms with Crippen LogP contribution in [0, 0.1) is 0 Å². The van der Waals surface area contributed by atoms with E-state index in [0.717, 1.165) is 26.0 Å². The molecule has 0 bridgehead atoms. The van der Waals surface area contributed by atoms with Crippen molar-refractivity contribution in [2.75, 3.05) is 12.3 Å². The van der Waals surface area contributed by atoms with E-state index in [0.29, 0.717) is 4.47 Å². The van der Waals surface area contributed by atoms with E-state index in [4.69, 9.17) is 10.5 Å². The summed E-state index contributed by atoms with van der Waals surface area (Å²) in [5.74, 6) is 0. The number of nitrogens with two attached hydrogens (primary N) is 1. The van der Waals surface area contributed by atoms with Crippen LogP contribution in [-0.2, 0) is 11.3 Å². The van der Waals surface area contributed by atoms with Gasteiger partial charge in [0.25, 0.3) is 0 Å². The minimum Gasteiger partial charge on any atom is -0.394 e. The number of rotatable bonds is 2. The van der Waals surface area contributed by atoms with Crippen LogP contribution < -0.4 is 11.2 Å². The fraction of sp³-hybridized carbons (Fsp3) is 0.500. The summed E-state index contributed by atoms with van der Waals surface area (Å²) in [7, 11) is 0. The Morgan fingerprint density at radius 3 is 3.00 bits per heavy atom. The Morgan fingerprint density at radius 2 is 2.40 bits per heavy atom. The molecule has 0 amide bonds. The summed E-state index contributed by atoms with van der Waals surface area (Å²) < 4.78 is 7.91. The Hall–Kier alpha value is -0.810. The SMILES string of the molecule is Nc1cn(C[C@@H]2CCCO2)cc(Br)c1=O. The molecule has 0 saturated carbocycles. The first-order chi connectivity index (χ1) is 7.16. The number of ether oxygens (including phenoxy) is 1. The van der Waals surface area contributed by atoms with Crippen LogP contribution in [0.2, 0.25) is 0 Å². The Balaban J connectivity index is 2.18. The molecule has 0 aliphatic carbocycles. The normalized spacial score (nSPS) is 20.7. The van der Waals surface area contributed by atoms with Gasteiger partial charge in [-0.3, -0.25) is 4.79 Å². The van der Waals surface area contributed by atoms with E-state index in [1.54, 1.807) is 12.4 Å². The maximum Gasteiger partial charge on any atom is 0.218 e. The zero-order valence-corrected chi connectivity index (χ0v) is 9.87. The molecule has 0 aromatic carbocycles. The van der Waals surface area contributed by atoms with Crippen molar-refractivity contribution in [1.29, 1.82) is 0 Å². The number of halogens is 1. The van der Waals surface area contributed by atoms with Crippen LogP contribution in [0.15, 0.2) is 21.7 Å². The molecule has 2 heterocycles. The number of aromatic nitrogens is 1. The molecule has 1 aromatic rings. The number of anilines is 1. The van der Waals surface area contributed by atoms with Crippen molar-refractivity contribution in [1.82, 2.24) is 4.57 Å². The topological polar surface area (TPSA) is 57.2 Å². The zero-order valence-electron chi connectivity index (χ0n) is 8.28. The molecule has 5 heteroatoms. The van der Waals surface area contributed by atoms with E-state index in [9.17, 15) is 4.79 Å². The predicted molar refractivity (Wildman–Crippen MR) is 61.8 cm³/mol. The second kappa shape index (κ2) is 4.37. The highest BCUT2D eigenvalue weighted by Gasteiger charge is 2.16. The molecule has 1 aliphatic heterocycles. The van der Waals surface area contributed by atoms with Crippen molar-refractivity contribution in [3.63, 3.8) is 0 Å². The fourth-order valence-corrected chi connectivity index (χ4v) is 2.24. The van der Waals surface area contributed by atoms with Gasteiger partial charge < -0.3 is 15.0 Å². The molecule has 0 radical (unpaired) electrons. The van der Waals surface area contributed by atoms with Crippen LogP contribution in [0.1, 0.15) is 12.8 Å². The summed E-state index contributed by atoms with van der Waals surface area (Å²) in [6, 6.07) is 0. The van der Waals surface area contributed by atoms with Gasteiger partial charge in [0.15, 0.2) is 0 Å². The fourth-order valence-electron chi connectivity index (χ4n) is 1.75. The first kappa shape index (κ1) is 10.7. The van der Waals surface area contributed by atoms with Gasteiger partial charge in [-0.05, 0) is 28.8 Å². The van der Waals surface area contributed by atoms with Gasteiger partial charge in [-0.2, -0.15) is 0 Å². The quantitative estimate of drug-likeness (QED) is 0.885. The predicted octanol–water partition coefficient (Wildman–Crippen LogP) is 1.37. The highest BCUT2D eigenvalue weighted by atomic mass is 79.9. The van der Waals surface area contributed by atoms with Crippen molar-refractivity contribution in [2.24, 2.45) is 0 Å². The third kappa shape index (κ3) is 2.41. The van der Waals surface area contributed by atoms with Crippen molar-refractivity contribution in [3.8, 4) is 0 Å². The van der Waals surface area contributed by atoms with Crippen molar-refractivity contribution in [3.05, 3.63) is 27.1 Å². The lowest BCUT2D eigenvalue weighted by atomic mass is 10.2. The lowest BCUT2D eigenvalue weighted by molar-refractivity contribution is 0.0969.